The molecule has 1 atom stereocenters. The highest BCUT2D eigenvalue weighted by Crippen LogP contribution is 2.17. The van der Waals surface area contributed by atoms with Crippen LogP contribution in [0.2, 0.25) is 0 Å². The summed E-state index contributed by atoms with van der Waals surface area (Å²) >= 11 is 3.45. The maximum Gasteiger partial charge on any atom is 0.0175 e. The van der Waals surface area contributed by atoms with Crippen LogP contribution in [-0.4, -0.2) is 13.1 Å². The summed E-state index contributed by atoms with van der Waals surface area (Å²) in [6.45, 7) is 2.39. The van der Waals surface area contributed by atoms with Crippen molar-refractivity contribution in [3.05, 3.63) is 34.3 Å². The standard InChI is InChI=1S/C11H14BrN/c12-11-3-1-9(2-4-11)7-10-5-6-13-8-10/h1-4,10,13H,5-8H2/t10-/m1/s1. The Morgan fingerprint density at radius 2 is 2.08 bits per heavy atom. The number of hydrogen-bond acceptors (Lipinski definition) is 1. The van der Waals surface area contributed by atoms with Crippen LogP contribution in [0.1, 0.15) is 12.0 Å². The van der Waals surface area contributed by atoms with Crippen LogP contribution in [0.4, 0.5) is 0 Å². The highest BCUT2D eigenvalue weighted by molar-refractivity contribution is 9.10. The van der Waals surface area contributed by atoms with Gasteiger partial charge in [-0.25, -0.2) is 0 Å². The van der Waals surface area contributed by atoms with Crippen LogP contribution in [0.15, 0.2) is 28.7 Å². The molecule has 0 aliphatic carbocycles. The first kappa shape index (κ1) is 9.22. The van der Waals surface area contributed by atoms with Crippen molar-refractivity contribution in [3.8, 4) is 0 Å². The molecule has 1 aromatic carbocycles. The summed E-state index contributed by atoms with van der Waals surface area (Å²) in [7, 11) is 0. The van der Waals surface area contributed by atoms with Crippen molar-refractivity contribution < 1.29 is 0 Å². The van der Waals surface area contributed by atoms with Crippen molar-refractivity contribution in [2.75, 3.05) is 13.1 Å². The first-order chi connectivity index (χ1) is 6.34. The van der Waals surface area contributed by atoms with Gasteiger partial charge < -0.3 is 5.32 Å². The van der Waals surface area contributed by atoms with Crippen LogP contribution >= 0.6 is 15.9 Å². The van der Waals surface area contributed by atoms with Crippen LogP contribution < -0.4 is 5.32 Å². The fourth-order valence-corrected chi connectivity index (χ4v) is 2.11. The largest absolute Gasteiger partial charge is 0.316 e. The average Bonchev–Trinajstić information content (AvgIpc) is 2.62. The van der Waals surface area contributed by atoms with Gasteiger partial charge in [0.25, 0.3) is 0 Å². The molecule has 1 heterocycles. The molecule has 0 unspecified atom stereocenters. The first-order valence-corrected chi connectivity index (χ1v) is 5.59. The Morgan fingerprint density at radius 1 is 1.31 bits per heavy atom. The van der Waals surface area contributed by atoms with E-state index in [1.54, 1.807) is 0 Å². The lowest BCUT2D eigenvalue weighted by molar-refractivity contribution is 0.580. The van der Waals surface area contributed by atoms with Crippen LogP contribution in [0, 0.1) is 5.92 Å². The molecule has 1 saturated heterocycles. The Balaban J connectivity index is 1.97. The van der Waals surface area contributed by atoms with Gasteiger partial charge in [-0.2, -0.15) is 0 Å². The van der Waals surface area contributed by atoms with E-state index < -0.39 is 0 Å². The third-order valence-corrected chi connectivity index (χ3v) is 3.13. The minimum absolute atomic E-state index is 0.848. The van der Waals surface area contributed by atoms with E-state index in [9.17, 15) is 0 Å². The first-order valence-electron chi connectivity index (χ1n) is 4.80. The second-order valence-electron chi connectivity index (χ2n) is 3.69. The Labute approximate surface area is 87.7 Å². The van der Waals surface area contributed by atoms with E-state index in [2.05, 4.69) is 45.5 Å². The number of hydrogen-bond donors (Lipinski definition) is 1. The molecular weight excluding hydrogens is 226 g/mol. The van der Waals surface area contributed by atoms with Gasteiger partial charge in [0.15, 0.2) is 0 Å². The van der Waals surface area contributed by atoms with Gasteiger partial charge in [0.2, 0.25) is 0 Å². The normalized spacial score (nSPS) is 22.1. The van der Waals surface area contributed by atoms with Crippen molar-refractivity contribution in [2.24, 2.45) is 5.92 Å². The molecule has 70 valence electrons. The molecule has 1 aliphatic heterocycles. The maximum atomic E-state index is 3.45. The zero-order valence-corrected chi connectivity index (χ0v) is 9.18. The zero-order valence-electron chi connectivity index (χ0n) is 7.59. The summed E-state index contributed by atoms with van der Waals surface area (Å²) in [4.78, 5) is 0. The van der Waals surface area contributed by atoms with Crippen molar-refractivity contribution in [3.63, 3.8) is 0 Å². The van der Waals surface area contributed by atoms with Gasteiger partial charge in [0, 0.05) is 4.47 Å². The molecule has 0 saturated carbocycles. The van der Waals surface area contributed by atoms with Gasteiger partial charge in [-0.1, -0.05) is 28.1 Å². The highest BCUT2D eigenvalue weighted by atomic mass is 79.9. The number of nitrogens with one attached hydrogen (secondary N) is 1. The predicted octanol–water partition coefficient (Wildman–Crippen LogP) is 2.60. The Kier molecular flexibility index (Phi) is 3.01. The smallest absolute Gasteiger partial charge is 0.0175 e. The van der Waals surface area contributed by atoms with Crippen LogP contribution in [-0.2, 0) is 6.42 Å². The van der Waals surface area contributed by atoms with E-state index >= 15 is 0 Å². The quantitative estimate of drug-likeness (QED) is 0.837. The molecule has 0 aromatic heterocycles. The van der Waals surface area contributed by atoms with Crippen molar-refractivity contribution in [2.45, 2.75) is 12.8 Å². The molecular formula is C11H14BrN. The molecule has 2 heteroatoms. The second kappa shape index (κ2) is 4.25. The summed E-state index contributed by atoms with van der Waals surface area (Å²) in [5.74, 6) is 0.848. The number of rotatable bonds is 2. The van der Waals surface area contributed by atoms with E-state index in [0.717, 1.165) is 5.92 Å². The molecule has 2 rings (SSSR count). The van der Waals surface area contributed by atoms with E-state index in [0.29, 0.717) is 0 Å². The van der Waals surface area contributed by atoms with Gasteiger partial charge in [-0.15, -0.1) is 0 Å². The van der Waals surface area contributed by atoms with Gasteiger partial charge in [-0.05, 0) is 49.5 Å². The van der Waals surface area contributed by atoms with Crippen molar-refractivity contribution in [1.29, 1.82) is 0 Å². The molecule has 0 spiro atoms. The van der Waals surface area contributed by atoms with Gasteiger partial charge in [0.1, 0.15) is 0 Å². The van der Waals surface area contributed by atoms with Crippen LogP contribution in [0.5, 0.6) is 0 Å². The van der Waals surface area contributed by atoms with Gasteiger partial charge >= 0.3 is 0 Å². The molecule has 0 radical (unpaired) electrons. The Morgan fingerprint density at radius 3 is 2.69 bits per heavy atom. The molecule has 1 nitrogen and oxygen atoms in total. The third kappa shape index (κ3) is 2.55. The summed E-state index contributed by atoms with van der Waals surface area (Å²) in [5, 5.41) is 3.39. The molecule has 1 aliphatic rings. The minimum atomic E-state index is 0.848. The van der Waals surface area contributed by atoms with E-state index in [1.165, 1.54) is 36.0 Å². The lowest BCUT2D eigenvalue weighted by atomic mass is 9.99. The lowest BCUT2D eigenvalue weighted by Crippen LogP contribution is -2.10. The zero-order chi connectivity index (χ0) is 9.10. The maximum absolute atomic E-state index is 3.45. The fraction of sp³-hybridized carbons (Fsp3) is 0.455. The topological polar surface area (TPSA) is 12.0 Å². The SMILES string of the molecule is Brc1ccc(C[C@H]2CCNC2)cc1. The summed E-state index contributed by atoms with van der Waals surface area (Å²) in [6.07, 6.45) is 2.55. The molecule has 13 heavy (non-hydrogen) atoms. The van der Waals surface area contributed by atoms with E-state index in [4.69, 9.17) is 0 Å². The van der Waals surface area contributed by atoms with Crippen molar-refractivity contribution in [1.82, 2.24) is 5.32 Å². The fourth-order valence-electron chi connectivity index (χ4n) is 1.84. The highest BCUT2D eigenvalue weighted by Gasteiger charge is 2.14. The number of benzene rings is 1. The van der Waals surface area contributed by atoms with Crippen LogP contribution in [0.3, 0.4) is 0 Å². The third-order valence-electron chi connectivity index (χ3n) is 2.60. The Hall–Kier alpha value is -0.340. The van der Waals surface area contributed by atoms with E-state index in [1.807, 2.05) is 0 Å². The second-order valence-corrected chi connectivity index (χ2v) is 4.61. The lowest BCUT2D eigenvalue weighted by Gasteiger charge is -2.07. The monoisotopic (exact) mass is 239 g/mol. The summed E-state index contributed by atoms with van der Waals surface area (Å²) < 4.78 is 1.17. The van der Waals surface area contributed by atoms with Crippen molar-refractivity contribution >= 4 is 15.9 Å². The molecule has 1 fully saturated rings. The molecule has 0 bridgehead atoms. The predicted molar refractivity (Wildman–Crippen MR) is 58.8 cm³/mol. The molecule has 0 amide bonds. The Bertz CT molecular complexity index is 262. The number of halogens is 1. The van der Waals surface area contributed by atoms with E-state index in [-0.39, 0.29) is 0 Å². The summed E-state index contributed by atoms with van der Waals surface area (Å²) in [5.41, 5.74) is 1.46. The van der Waals surface area contributed by atoms with Gasteiger partial charge in [-0.3, -0.25) is 0 Å². The summed E-state index contributed by atoms with van der Waals surface area (Å²) in [6, 6.07) is 8.67. The average molecular weight is 240 g/mol. The minimum Gasteiger partial charge on any atom is -0.316 e. The van der Waals surface area contributed by atoms with Gasteiger partial charge in [0.05, 0.1) is 0 Å². The molecule has 1 aromatic rings. The van der Waals surface area contributed by atoms with Crippen LogP contribution in [0.25, 0.3) is 0 Å². The molecule has 1 N–H and O–H groups in total.